The van der Waals surface area contributed by atoms with E-state index >= 15 is 0 Å². The molecule has 25 heavy (non-hydrogen) atoms. The van der Waals surface area contributed by atoms with Crippen LogP contribution in [0, 0.1) is 5.82 Å². The molecule has 0 bridgehead atoms. The maximum Gasteiger partial charge on any atom is 0.434 e. The minimum Gasteiger partial charge on any atom is -0.356 e. The Labute approximate surface area is 154 Å². The van der Waals surface area contributed by atoms with Crippen molar-refractivity contribution in [2.45, 2.75) is 19.1 Å². The summed E-state index contributed by atoms with van der Waals surface area (Å²) in [4.78, 5) is 7.58. The van der Waals surface area contributed by atoms with Crippen LogP contribution in [0.1, 0.15) is 16.3 Å². The van der Waals surface area contributed by atoms with E-state index in [0.29, 0.717) is 35.0 Å². The average molecular weight is 439 g/mol. The molecule has 10 heteroatoms. The highest BCUT2D eigenvalue weighted by atomic mass is 79.9. The van der Waals surface area contributed by atoms with Crippen LogP contribution in [-0.4, -0.2) is 24.5 Å². The van der Waals surface area contributed by atoms with Gasteiger partial charge in [0.05, 0.1) is 9.48 Å². The van der Waals surface area contributed by atoms with Gasteiger partial charge in [-0.05, 0) is 33.6 Å². The van der Waals surface area contributed by atoms with Crippen molar-refractivity contribution in [2.24, 2.45) is 4.99 Å². The largest absolute Gasteiger partial charge is 0.434 e. The number of halogens is 5. The molecule has 0 amide bonds. The van der Waals surface area contributed by atoms with Crippen LogP contribution in [0.15, 0.2) is 33.0 Å². The summed E-state index contributed by atoms with van der Waals surface area (Å²) in [6.45, 7) is 0.735. The van der Waals surface area contributed by atoms with Crippen molar-refractivity contribution in [3.05, 3.63) is 50.1 Å². The Morgan fingerprint density at radius 2 is 2.08 bits per heavy atom. The number of aliphatic imine (C=N–C) groups is 1. The summed E-state index contributed by atoms with van der Waals surface area (Å²) in [5, 5.41) is 7.39. The van der Waals surface area contributed by atoms with E-state index in [9.17, 15) is 17.6 Å². The second-order valence-corrected chi connectivity index (χ2v) is 6.77. The highest BCUT2D eigenvalue weighted by molar-refractivity contribution is 9.10. The van der Waals surface area contributed by atoms with Gasteiger partial charge in [-0.2, -0.15) is 13.2 Å². The summed E-state index contributed by atoms with van der Waals surface area (Å²) >= 11 is 4.06. The Bertz CT molecular complexity index is 745. The lowest BCUT2D eigenvalue weighted by Crippen LogP contribution is -2.37. The quantitative estimate of drug-likeness (QED) is 0.421. The number of alkyl halides is 3. The van der Waals surface area contributed by atoms with Gasteiger partial charge in [-0.15, -0.1) is 11.3 Å². The third-order valence-corrected chi connectivity index (χ3v) is 4.69. The normalized spacial score (nSPS) is 12.3. The number of hydrogen-bond acceptors (Lipinski definition) is 3. The van der Waals surface area contributed by atoms with Gasteiger partial charge in [0.25, 0.3) is 0 Å². The molecule has 1 aromatic heterocycles. The van der Waals surface area contributed by atoms with Crippen molar-refractivity contribution < 1.29 is 17.6 Å². The van der Waals surface area contributed by atoms with E-state index in [1.807, 2.05) is 0 Å². The monoisotopic (exact) mass is 438 g/mol. The van der Waals surface area contributed by atoms with Gasteiger partial charge in [0.1, 0.15) is 5.82 Å². The molecule has 0 radical (unpaired) electrons. The van der Waals surface area contributed by atoms with Crippen molar-refractivity contribution in [3.8, 4) is 0 Å². The number of guanidine groups is 1. The van der Waals surface area contributed by atoms with Crippen LogP contribution in [0.4, 0.5) is 17.6 Å². The first kappa shape index (κ1) is 19.6. The van der Waals surface area contributed by atoms with Crippen molar-refractivity contribution in [1.29, 1.82) is 0 Å². The lowest BCUT2D eigenvalue weighted by atomic mass is 10.2. The Hall–Kier alpha value is -1.68. The van der Waals surface area contributed by atoms with E-state index in [-0.39, 0.29) is 5.82 Å². The summed E-state index contributed by atoms with van der Waals surface area (Å²) < 4.78 is 51.3. The Kier molecular flexibility index (Phi) is 6.77. The molecule has 0 unspecified atom stereocenters. The molecule has 0 saturated heterocycles. The summed E-state index contributed by atoms with van der Waals surface area (Å²) in [5.41, 5.74) is -0.134. The number of nitrogens with zero attached hydrogens (tertiary/aromatic N) is 2. The minimum absolute atomic E-state index is 0.342. The maximum absolute atomic E-state index is 13.5. The molecule has 0 spiro atoms. The third kappa shape index (κ3) is 5.96. The van der Waals surface area contributed by atoms with Crippen LogP contribution in [0.3, 0.4) is 0 Å². The van der Waals surface area contributed by atoms with Gasteiger partial charge in [0.15, 0.2) is 11.7 Å². The molecule has 2 N–H and O–H groups in total. The molecule has 0 aliphatic heterocycles. The maximum atomic E-state index is 13.5. The Morgan fingerprint density at radius 1 is 1.32 bits per heavy atom. The highest BCUT2D eigenvalue weighted by Gasteiger charge is 2.33. The summed E-state index contributed by atoms with van der Waals surface area (Å²) in [6, 6.07) is 4.78. The van der Waals surface area contributed by atoms with Gasteiger partial charge in [0, 0.05) is 31.9 Å². The number of aromatic nitrogens is 1. The van der Waals surface area contributed by atoms with Crippen LogP contribution in [0.5, 0.6) is 0 Å². The topological polar surface area (TPSA) is 49.3 Å². The van der Waals surface area contributed by atoms with E-state index in [1.165, 1.54) is 6.07 Å². The van der Waals surface area contributed by atoms with Crippen LogP contribution < -0.4 is 10.6 Å². The molecular formula is C15H15BrF4N4S. The molecule has 1 heterocycles. The van der Waals surface area contributed by atoms with E-state index in [2.05, 4.69) is 36.5 Å². The number of nitrogens with one attached hydrogen (secondary N) is 2. The zero-order valence-corrected chi connectivity index (χ0v) is 15.5. The van der Waals surface area contributed by atoms with Gasteiger partial charge in [-0.25, -0.2) is 9.37 Å². The number of benzene rings is 1. The second kappa shape index (κ2) is 8.61. The van der Waals surface area contributed by atoms with Gasteiger partial charge in [-0.1, -0.05) is 6.07 Å². The predicted molar refractivity (Wildman–Crippen MR) is 93.1 cm³/mol. The minimum atomic E-state index is -4.42. The molecule has 0 fully saturated rings. The highest BCUT2D eigenvalue weighted by Crippen LogP contribution is 2.30. The number of thiazole rings is 1. The Balaban J connectivity index is 1.80. The van der Waals surface area contributed by atoms with E-state index in [1.54, 1.807) is 19.2 Å². The van der Waals surface area contributed by atoms with Gasteiger partial charge in [0.2, 0.25) is 0 Å². The van der Waals surface area contributed by atoms with Gasteiger partial charge >= 0.3 is 6.18 Å². The number of rotatable bonds is 5. The van der Waals surface area contributed by atoms with Crippen molar-refractivity contribution in [3.63, 3.8) is 0 Å². The first-order valence-electron chi connectivity index (χ1n) is 7.19. The standard InChI is InChI=1S/C15H15BrF4N4S/c1-21-14(23-7-9-2-3-10(16)11(17)6-9)22-5-4-13-24-12(8-25-13)15(18,19)20/h2-3,6,8H,4-5,7H2,1H3,(H2,21,22,23). The molecule has 0 aliphatic carbocycles. The van der Waals surface area contributed by atoms with Gasteiger partial charge < -0.3 is 10.6 Å². The summed E-state index contributed by atoms with van der Waals surface area (Å²) in [6.07, 6.45) is -4.08. The number of hydrogen-bond donors (Lipinski definition) is 2. The molecule has 0 saturated carbocycles. The fraction of sp³-hybridized carbons (Fsp3) is 0.333. The van der Waals surface area contributed by atoms with E-state index in [0.717, 1.165) is 22.3 Å². The third-order valence-electron chi connectivity index (χ3n) is 3.14. The molecule has 0 atom stereocenters. The molecule has 4 nitrogen and oxygen atoms in total. The lowest BCUT2D eigenvalue weighted by Gasteiger charge is -2.11. The van der Waals surface area contributed by atoms with Crippen molar-refractivity contribution in [1.82, 2.24) is 15.6 Å². The van der Waals surface area contributed by atoms with E-state index in [4.69, 9.17) is 0 Å². The van der Waals surface area contributed by atoms with Crippen LogP contribution in [0.25, 0.3) is 0 Å². The molecule has 2 aromatic rings. The fourth-order valence-corrected chi connectivity index (χ4v) is 2.95. The fourth-order valence-electron chi connectivity index (χ4n) is 1.90. The summed E-state index contributed by atoms with van der Waals surface area (Å²) in [5.74, 6) is 0.113. The molecule has 0 aliphatic rings. The van der Waals surface area contributed by atoms with Gasteiger partial charge in [-0.3, -0.25) is 4.99 Å². The first-order valence-corrected chi connectivity index (χ1v) is 8.87. The second-order valence-electron chi connectivity index (χ2n) is 4.98. The van der Waals surface area contributed by atoms with Crippen molar-refractivity contribution >= 4 is 33.2 Å². The van der Waals surface area contributed by atoms with Crippen LogP contribution in [0.2, 0.25) is 0 Å². The average Bonchev–Trinajstić information content (AvgIpc) is 3.03. The molecule has 136 valence electrons. The molecular weight excluding hydrogens is 424 g/mol. The SMILES string of the molecule is CN=C(NCCc1nc(C(F)(F)F)cs1)NCc1ccc(Br)c(F)c1. The zero-order chi connectivity index (χ0) is 18.4. The smallest absolute Gasteiger partial charge is 0.356 e. The summed E-state index contributed by atoms with van der Waals surface area (Å²) in [7, 11) is 1.57. The van der Waals surface area contributed by atoms with Crippen LogP contribution >= 0.6 is 27.3 Å². The zero-order valence-electron chi connectivity index (χ0n) is 13.1. The molecule has 1 aromatic carbocycles. The Morgan fingerprint density at radius 3 is 2.68 bits per heavy atom. The lowest BCUT2D eigenvalue weighted by molar-refractivity contribution is -0.140. The van der Waals surface area contributed by atoms with E-state index < -0.39 is 11.9 Å². The predicted octanol–water partition coefficient (Wildman–Crippen LogP) is 3.97. The van der Waals surface area contributed by atoms with Crippen LogP contribution in [-0.2, 0) is 19.1 Å². The van der Waals surface area contributed by atoms with Crippen molar-refractivity contribution in [2.75, 3.05) is 13.6 Å². The first-order chi connectivity index (χ1) is 11.8. The molecule has 2 rings (SSSR count).